The molecular formula is C10H13NO2. The molecule has 0 bridgehead atoms. The molecule has 1 rings (SSSR count). The topological polar surface area (TPSA) is 43.1 Å². The van der Waals surface area contributed by atoms with Crippen molar-refractivity contribution in [2.75, 3.05) is 6.54 Å². The average Bonchev–Trinajstić information content (AvgIpc) is 2.06. The van der Waals surface area contributed by atoms with Crippen LogP contribution in [-0.4, -0.2) is 11.5 Å². The number of benzene rings is 1. The van der Waals surface area contributed by atoms with E-state index in [1.807, 2.05) is 32.0 Å². The molecule has 0 unspecified atom stereocenters. The lowest BCUT2D eigenvalue weighted by Crippen LogP contribution is -2.05. The second-order valence-corrected chi connectivity index (χ2v) is 3.24. The van der Waals surface area contributed by atoms with E-state index in [0.29, 0.717) is 6.42 Å². The Morgan fingerprint density at radius 1 is 1.38 bits per heavy atom. The fourth-order valence-electron chi connectivity index (χ4n) is 1.28. The minimum Gasteiger partial charge on any atom is -0.265 e. The fourth-order valence-corrected chi connectivity index (χ4v) is 1.28. The van der Waals surface area contributed by atoms with E-state index in [2.05, 4.69) is 0 Å². The van der Waals surface area contributed by atoms with E-state index < -0.39 is 0 Å². The maximum Gasteiger partial charge on any atom is 0.207 e. The molecule has 3 heteroatoms. The summed E-state index contributed by atoms with van der Waals surface area (Å²) >= 11 is 0. The van der Waals surface area contributed by atoms with Gasteiger partial charge in [0, 0.05) is 11.3 Å². The van der Waals surface area contributed by atoms with Crippen molar-refractivity contribution in [2.45, 2.75) is 20.3 Å². The molecule has 13 heavy (non-hydrogen) atoms. The van der Waals surface area contributed by atoms with Gasteiger partial charge in [0.25, 0.3) is 0 Å². The van der Waals surface area contributed by atoms with Gasteiger partial charge in [-0.25, -0.2) is 0 Å². The largest absolute Gasteiger partial charge is 0.265 e. The lowest BCUT2D eigenvalue weighted by molar-refractivity contribution is -0.479. The highest BCUT2D eigenvalue weighted by Crippen LogP contribution is 2.10. The van der Waals surface area contributed by atoms with Gasteiger partial charge in [0.2, 0.25) is 6.54 Å². The molecule has 0 amide bonds. The van der Waals surface area contributed by atoms with E-state index in [1.165, 1.54) is 0 Å². The normalized spacial score (nSPS) is 10.0. The van der Waals surface area contributed by atoms with E-state index in [-0.39, 0.29) is 11.5 Å². The summed E-state index contributed by atoms with van der Waals surface area (Å²) in [4.78, 5) is 9.90. The van der Waals surface area contributed by atoms with Crippen LogP contribution in [0.15, 0.2) is 18.2 Å². The highest BCUT2D eigenvalue weighted by Gasteiger charge is 2.02. The van der Waals surface area contributed by atoms with E-state index in [1.54, 1.807) is 0 Å². The summed E-state index contributed by atoms with van der Waals surface area (Å²) in [5.41, 5.74) is 3.37. The Morgan fingerprint density at radius 2 is 2.08 bits per heavy atom. The van der Waals surface area contributed by atoms with E-state index in [9.17, 15) is 10.1 Å². The van der Waals surface area contributed by atoms with Crippen LogP contribution in [0.5, 0.6) is 0 Å². The number of rotatable bonds is 3. The number of aryl methyl sites for hydroxylation is 2. The third-order valence-corrected chi connectivity index (χ3v) is 2.07. The lowest BCUT2D eigenvalue weighted by atomic mass is 10.0. The van der Waals surface area contributed by atoms with Crippen molar-refractivity contribution >= 4 is 0 Å². The third kappa shape index (κ3) is 2.86. The zero-order chi connectivity index (χ0) is 9.84. The molecule has 70 valence electrons. The summed E-state index contributed by atoms with van der Waals surface area (Å²) in [7, 11) is 0. The molecule has 0 fully saturated rings. The van der Waals surface area contributed by atoms with Gasteiger partial charge in [-0.05, 0) is 25.0 Å². The SMILES string of the molecule is Cc1ccc(C)c(CC[N+](=O)[O-])c1. The smallest absolute Gasteiger partial charge is 0.207 e. The van der Waals surface area contributed by atoms with Crippen molar-refractivity contribution < 1.29 is 4.92 Å². The molecule has 0 aliphatic rings. The first-order chi connectivity index (χ1) is 6.09. The third-order valence-electron chi connectivity index (χ3n) is 2.07. The molecule has 1 aromatic rings. The van der Waals surface area contributed by atoms with Crippen molar-refractivity contribution in [3.63, 3.8) is 0 Å². The Bertz CT molecular complexity index is 321. The van der Waals surface area contributed by atoms with Gasteiger partial charge >= 0.3 is 0 Å². The van der Waals surface area contributed by atoms with Gasteiger partial charge in [0.05, 0.1) is 0 Å². The minimum absolute atomic E-state index is 0.0181. The molecule has 0 heterocycles. The van der Waals surface area contributed by atoms with Crippen LogP contribution >= 0.6 is 0 Å². The average molecular weight is 179 g/mol. The van der Waals surface area contributed by atoms with Crippen LogP contribution in [0.2, 0.25) is 0 Å². The first-order valence-electron chi connectivity index (χ1n) is 4.27. The molecule has 0 aromatic heterocycles. The van der Waals surface area contributed by atoms with Gasteiger partial charge in [-0.2, -0.15) is 0 Å². The standard InChI is InChI=1S/C10H13NO2/c1-8-3-4-9(2)10(7-8)5-6-11(12)13/h3-4,7H,5-6H2,1-2H3. The summed E-state index contributed by atoms with van der Waals surface area (Å²) in [6.07, 6.45) is 0.528. The monoisotopic (exact) mass is 179 g/mol. The summed E-state index contributed by atoms with van der Waals surface area (Å²) in [5, 5.41) is 10.2. The lowest BCUT2D eigenvalue weighted by Gasteiger charge is -2.03. The molecule has 0 N–H and O–H groups in total. The summed E-state index contributed by atoms with van der Waals surface area (Å²) < 4.78 is 0. The Kier molecular flexibility index (Phi) is 3.01. The Morgan fingerprint density at radius 3 is 2.69 bits per heavy atom. The zero-order valence-corrected chi connectivity index (χ0v) is 7.91. The molecule has 0 aliphatic heterocycles. The van der Waals surface area contributed by atoms with Crippen LogP contribution in [0.4, 0.5) is 0 Å². The molecular weight excluding hydrogens is 166 g/mol. The molecule has 1 aromatic carbocycles. The number of hydrogen-bond acceptors (Lipinski definition) is 2. The van der Waals surface area contributed by atoms with E-state index >= 15 is 0 Å². The van der Waals surface area contributed by atoms with Gasteiger partial charge < -0.3 is 0 Å². The first-order valence-corrected chi connectivity index (χ1v) is 4.27. The Balaban J connectivity index is 2.75. The van der Waals surface area contributed by atoms with Crippen molar-refractivity contribution in [1.29, 1.82) is 0 Å². The summed E-state index contributed by atoms with van der Waals surface area (Å²) in [6.45, 7) is 3.99. The van der Waals surface area contributed by atoms with Crippen molar-refractivity contribution in [3.05, 3.63) is 45.0 Å². The number of hydrogen-bond donors (Lipinski definition) is 0. The van der Waals surface area contributed by atoms with E-state index in [4.69, 9.17) is 0 Å². The van der Waals surface area contributed by atoms with Crippen LogP contribution in [0.1, 0.15) is 16.7 Å². The van der Waals surface area contributed by atoms with E-state index in [0.717, 1.165) is 16.7 Å². The fraction of sp³-hybridized carbons (Fsp3) is 0.400. The molecule has 3 nitrogen and oxygen atoms in total. The summed E-state index contributed by atoms with van der Waals surface area (Å²) in [5.74, 6) is 0. The van der Waals surface area contributed by atoms with Crippen LogP contribution in [0.25, 0.3) is 0 Å². The van der Waals surface area contributed by atoms with Crippen molar-refractivity contribution in [2.24, 2.45) is 0 Å². The quantitative estimate of drug-likeness (QED) is 0.527. The number of nitro groups is 1. The molecule has 0 saturated carbocycles. The van der Waals surface area contributed by atoms with Crippen molar-refractivity contribution in [1.82, 2.24) is 0 Å². The highest BCUT2D eigenvalue weighted by atomic mass is 16.6. The van der Waals surface area contributed by atoms with Gasteiger partial charge in [0.1, 0.15) is 0 Å². The van der Waals surface area contributed by atoms with Crippen LogP contribution < -0.4 is 0 Å². The second-order valence-electron chi connectivity index (χ2n) is 3.24. The van der Waals surface area contributed by atoms with Gasteiger partial charge in [-0.1, -0.05) is 23.8 Å². The Hall–Kier alpha value is -1.38. The number of nitrogens with zero attached hydrogens (tertiary/aromatic N) is 1. The Labute approximate surface area is 77.5 Å². The van der Waals surface area contributed by atoms with Crippen LogP contribution in [-0.2, 0) is 6.42 Å². The maximum atomic E-state index is 10.2. The molecule has 0 saturated heterocycles. The molecule has 0 radical (unpaired) electrons. The second kappa shape index (κ2) is 4.03. The van der Waals surface area contributed by atoms with Gasteiger partial charge in [-0.15, -0.1) is 0 Å². The minimum atomic E-state index is -0.276. The summed E-state index contributed by atoms with van der Waals surface area (Å²) in [6, 6.07) is 6.04. The van der Waals surface area contributed by atoms with Crippen LogP contribution in [0, 0.1) is 24.0 Å². The van der Waals surface area contributed by atoms with Crippen molar-refractivity contribution in [3.8, 4) is 0 Å². The first kappa shape index (κ1) is 9.71. The molecule has 0 atom stereocenters. The van der Waals surface area contributed by atoms with Gasteiger partial charge in [0.15, 0.2) is 0 Å². The predicted molar refractivity (Wildman–Crippen MR) is 51.5 cm³/mol. The molecule has 0 aliphatic carbocycles. The predicted octanol–water partition coefficient (Wildman–Crippen LogP) is 2.12. The maximum absolute atomic E-state index is 10.2. The zero-order valence-electron chi connectivity index (χ0n) is 7.91. The van der Waals surface area contributed by atoms with Gasteiger partial charge in [-0.3, -0.25) is 10.1 Å². The van der Waals surface area contributed by atoms with Crippen LogP contribution in [0.3, 0.4) is 0 Å². The molecule has 0 spiro atoms. The highest BCUT2D eigenvalue weighted by molar-refractivity contribution is 5.30.